The zero-order valence-electron chi connectivity index (χ0n) is 4.76. The Morgan fingerprint density at radius 1 is 1.50 bits per heavy atom. The van der Waals surface area contributed by atoms with Gasteiger partial charge in [0, 0.05) is 6.20 Å². The Kier molecular flexibility index (Phi) is 1.80. The standard InChI is InChI=1S/C5H3ClF2N2/c6-5(7,8)4-2-1-3-9-10-4/h1-3H. The van der Waals surface area contributed by atoms with E-state index in [4.69, 9.17) is 0 Å². The highest BCUT2D eigenvalue weighted by Crippen LogP contribution is 2.29. The molecular weight excluding hydrogens is 162 g/mol. The summed E-state index contributed by atoms with van der Waals surface area (Å²) in [6, 6.07) is 2.46. The molecule has 0 atom stereocenters. The molecule has 0 aromatic carbocycles. The van der Waals surface area contributed by atoms with Crippen LogP contribution in [0.1, 0.15) is 5.69 Å². The number of nitrogens with zero attached hydrogens (tertiary/aromatic N) is 2. The molecule has 1 rings (SSSR count). The molecule has 0 aliphatic carbocycles. The first-order valence-electron chi connectivity index (χ1n) is 2.45. The quantitative estimate of drug-likeness (QED) is 0.591. The van der Waals surface area contributed by atoms with Crippen LogP contribution in [-0.2, 0) is 5.38 Å². The lowest BCUT2D eigenvalue weighted by atomic mass is 10.4. The number of aromatic nitrogens is 2. The maximum atomic E-state index is 12.1. The van der Waals surface area contributed by atoms with E-state index >= 15 is 0 Å². The smallest absolute Gasteiger partial charge is 0.181 e. The Morgan fingerprint density at radius 2 is 2.20 bits per heavy atom. The molecule has 0 N–H and O–H groups in total. The minimum Gasteiger partial charge on any atom is -0.181 e. The lowest BCUT2D eigenvalue weighted by molar-refractivity contribution is 0.0888. The Labute approximate surface area is 60.8 Å². The van der Waals surface area contributed by atoms with Crippen molar-refractivity contribution in [1.82, 2.24) is 10.2 Å². The predicted molar refractivity (Wildman–Crippen MR) is 31.8 cm³/mol. The summed E-state index contributed by atoms with van der Waals surface area (Å²) in [5, 5.41) is 2.95. The molecule has 0 bridgehead atoms. The van der Waals surface area contributed by atoms with Crippen LogP contribution in [0.4, 0.5) is 8.78 Å². The van der Waals surface area contributed by atoms with Gasteiger partial charge in [-0.3, -0.25) is 0 Å². The maximum Gasteiger partial charge on any atom is 0.366 e. The molecule has 0 spiro atoms. The molecule has 0 aliphatic heterocycles. The Bertz CT molecular complexity index is 209. The van der Waals surface area contributed by atoms with Crippen LogP contribution in [0.5, 0.6) is 0 Å². The van der Waals surface area contributed by atoms with Gasteiger partial charge in [0.15, 0.2) is 0 Å². The summed E-state index contributed by atoms with van der Waals surface area (Å²) in [6.45, 7) is 0. The van der Waals surface area contributed by atoms with Crippen molar-refractivity contribution in [3.05, 3.63) is 24.0 Å². The minimum absolute atomic E-state index is 0.531. The largest absolute Gasteiger partial charge is 0.366 e. The monoisotopic (exact) mass is 164 g/mol. The van der Waals surface area contributed by atoms with E-state index in [2.05, 4.69) is 21.8 Å². The third-order valence-electron chi connectivity index (χ3n) is 0.863. The fraction of sp³-hybridized carbons (Fsp3) is 0.200. The zero-order valence-corrected chi connectivity index (χ0v) is 5.52. The number of halogens is 3. The number of rotatable bonds is 1. The third kappa shape index (κ3) is 1.60. The number of hydrogen-bond acceptors (Lipinski definition) is 2. The van der Waals surface area contributed by atoms with E-state index in [1.807, 2.05) is 0 Å². The number of alkyl halides is 3. The molecule has 1 aromatic heterocycles. The fourth-order valence-corrected chi connectivity index (χ4v) is 0.554. The Hall–Kier alpha value is -0.770. The van der Waals surface area contributed by atoms with Crippen molar-refractivity contribution in [3.8, 4) is 0 Å². The van der Waals surface area contributed by atoms with Gasteiger partial charge in [-0.25, -0.2) is 0 Å². The lowest BCUT2D eigenvalue weighted by Crippen LogP contribution is -2.06. The van der Waals surface area contributed by atoms with Crippen LogP contribution in [0.3, 0.4) is 0 Å². The van der Waals surface area contributed by atoms with Crippen LogP contribution in [0.25, 0.3) is 0 Å². The molecule has 2 nitrogen and oxygen atoms in total. The topological polar surface area (TPSA) is 25.8 Å². The van der Waals surface area contributed by atoms with Gasteiger partial charge in [-0.05, 0) is 23.7 Å². The van der Waals surface area contributed by atoms with Crippen LogP contribution in [0.15, 0.2) is 18.3 Å². The Morgan fingerprint density at radius 3 is 2.50 bits per heavy atom. The fourth-order valence-electron chi connectivity index (χ4n) is 0.453. The van der Waals surface area contributed by atoms with Crippen LogP contribution in [0, 0.1) is 0 Å². The molecule has 54 valence electrons. The average Bonchev–Trinajstić information content (AvgIpc) is 1.88. The van der Waals surface area contributed by atoms with E-state index in [1.165, 1.54) is 12.3 Å². The second-order valence-corrected chi connectivity index (χ2v) is 2.08. The molecule has 1 aromatic rings. The van der Waals surface area contributed by atoms with Gasteiger partial charge >= 0.3 is 5.38 Å². The van der Waals surface area contributed by atoms with Gasteiger partial charge in [-0.15, -0.1) is 5.10 Å². The lowest BCUT2D eigenvalue weighted by Gasteiger charge is -2.03. The van der Waals surface area contributed by atoms with E-state index in [9.17, 15) is 8.78 Å². The maximum absolute atomic E-state index is 12.1. The van der Waals surface area contributed by atoms with Crippen molar-refractivity contribution in [1.29, 1.82) is 0 Å². The summed E-state index contributed by atoms with van der Waals surface area (Å²) < 4.78 is 24.2. The van der Waals surface area contributed by atoms with Gasteiger partial charge in [0.1, 0.15) is 5.69 Å². The predicted octanol–water partition coefficient (Wildman–Crippen LogP) is 1.76. The van der Waals surface area contributed by atoms with E-state index in [0.717, 1.165) is 6.07 Å². The number of hydrogen-bond donors (Lipinski definition) is 0. The summed E-state index contributed by atoms with van der Waals surface area (Å²) in [5.74, 6) is 0. The van der Waals surface area contributed by atoms with Gasteiger partial charge in [0.2, 0.25) is 0 Å². The highest BCUT2D eigenvalue weighted by Gasteiger charge is 2.29. The molecule has 0 saturated heterocycles. The molecule has 1 heterocycles. The molecular formula is C5H3ClF2N2. The van der Waals surface area contributed by atoms with Gasteiger partial charge < -0.3 is 0 Å². The summed E-state index contributed by atoms with van der Waals surface area (Å²) >= 11 is 4.62. The summed E-state index contributed by atoms with van der Waals surface area (Å²) in [4.78, 5) is 0. The van der Waals surface area contributed by atoms with E-state index in [-0.39, 0.29) is 0 Å². The second-order valence-electron chi connectivity index (χ2n) is 1.61. The van der Waals surface area contributed by atoms with Crippen LogP contribution in [0.2, 0.25) is 0 Å². The van der Waals surface area contributed by atoms with Gasteiger partial charge in [-0.1, -0.05) is 0 Å². The van der Waals surface area contributed by atoms with Crippen molar-refractivity contribution in [2.24, 2.45) is 0 Å². The molecule has 0 fully saturated rings. The van der Waals surface area contributed by atoms with Crippen molar-refractivity contribution in [2.75, 3.05) is 0 Å². The van der Waals surface area contributed by atoms with E-state index in [1.54, 1.807) is 0 Å². The van der Waals surface area contributed by atoms with Crippen LogP contribution >= 0.6 is 11.6 Å². The third-order valence-corrected chi connectivity index (χ3v) is 1.06. The first kappa shape index (κ1) is 7.34. The highest BCUT2D eigenvalue weighted by molar-refractivity contribution is 6.21. The van der Waals surface area contributed by atoms with Crippen molar-refractivity contribution in [2.45, 2.75) is 5.38 Å². The molecule has 10 heavy (non-hydrogen) atoms. The minimum atomic E-state index is -3.41. The van der Waals surface area contributed by atoms with Crippen molar-refractivity contribution < 1.29 is 8.78 Å². The van der Waals surface area contributed by atoms with Crippen molar-refractivity contribution >= 4 is 11.6 Å². The van der Waals surface area contributed by atoms with Crippen LogP contribution < -0.4 is 0 Å². The second kappa shape index (κ2) is 2.46. The van der Waals surface area contributed by atoms with Gasteiger partial charge in [0.05, 0.1) is 0 Å². The average molecular weight is 165 g/mol. The van der Waals surface area contributed by atoms with E-state index in [0.29, 0.717) is 0 Å². The molecule has 0 unspecified atom stereocenters. The Balaban J connectivity index is 2.97. The molecule has 5 heteroatoms. The van der Waals surface area contributed by atoms with Crippen molar-refractivity contribution in [3.63, 3.8) is 0 Å². The summed E-state index contributed by atoms with van der Waals surface area (Å²) in [6.07, 6.45) is 1.30. The first-order valence-corrected chi connectivity index (χ1v) is 2.83. The van der Waals surface area contributed by atoms with Crippen LogP contribution in [-0.4, -0.2) is 10.2 Å². The first-order chi connectivity index (χ1) is 4.61. The van der Waals surface area contributed by atoms with Gasteiger partial charge in [-0.2, -0.15) is 13.9 Å². The zero-order chi connectivity index (χ0) is 7.61. The molecule has 0 saturated carbocycles. The highest BCUT2D eigenvalue weighted by atomic mass is 35.5. The van der Waals surface area contributed by atoms with E-state index < -0.39 is 11.1 Å². The normalized spacial score (nSPS) is 11.5. The molecule has 0 amide bonds. The molecule has 0 radical (unpaired) electrons. The summed E-state index contributed by atoms with van der Waals surface area (Å²) in [5.41, 5.74) is -0.531. The SMILES string of the molecule is FC(F)(Cl)c1cccnn1. The van der Waals surface area contributed by atoms with Gasteiger partial charge in [0.25, 0.3) is 0 Å². The molecule has 0 aliphatic rings. The summed E-state index contributed by atoms with van der Waals surface area (Å²) in [7, 11) is 0.